The maximum absolute atomic E-state index is 7.66. The number of hydrogen-bond acceptors (Lipinski definition) is 5. The Kier molecular flexibility index (Phi) is 7.97. The van der Waals surface area contributed by atoms with Crippen molar-refractivity contribution in [3.8, 4) is 0 Å². The second kappa shape index (κ2) is 12.0. The van der Waals surface area contributed by atoms with Crippen LogP contribution in [0.4, 0.5) is 0 Å². The van der Waals surface area contributed by atoms with Crippen LogP contribution in [0.5, 0.6) is 0 Å². The molecule has 5 heteroatoms. The molecular formula is C30H50O5. The highest BCUT2D eigenvalue weighted by Crippen LogP contribution is 2.60. The maximum atomic E-state index is 7.66. The molecule has 0 spiro atoms. The number of allylic oxidation sites excluding steroid dienone is 3. The van der Waals surface area contributed by atoms with Crippen LogP contribution in [-0.2, 0) is 4.74 Å². The third kappa shape index (κ3) is 6.87. The van der Waals surface area contributed by atoms with Crippen molar-refractivity contribution in [2.75, 3.05) is 13.2 Å². The van der Waals surface area contributed by atoms with Gasteiger partial charge >= 0.3 is 0 Å². The lowest BCUT2D eigenvalue weighted by molar-refractivity contribution is -0.0968. The van der Waals surface area contributed by atoms with Crippen LogP contribution in [0.25, 0.3) is 0 Å². The van der Waals surface area contributed by atoms with Crippen LogP contribution in [0.1, 0.15) is 91.9 Å². The first-order valence-corrected chi connectivity index (χ1v) is 13.8. The standard InChI is InChI=1S/C30H50O5/c1-20(9-6-15-29(3,4)34)24-13-14-25-22(10-7-16-30(24,25)5)11-12-23-19-26(32)28(27(33)21(23)2)35-18-8-17-31/h11-12,20,24-28,31-34H,2,6-10,13-19H2,1,3-5H3/b22-11-,23-12+/t20-,24-,25?,26-,27-,28-,30-/m1/s1/i31D,32D,33D,34D. The summed E-state index contributed by atoms with van der Waals surface area (Å²) in [5, 5.41) is 19.3. The van der Waals surface area contributed by atoms with Crippen molar-refractivity contribution in [2.45, 2.75) is 116 Å². The van der Waals surface area contributed by atoms with Gasteiger partial charge in [0.2, 0.25) is 5.72 Å². The van der Waals surface area contributed by atoms with Crippen LogP contribution in [-0.4, -0.2) is 63.3 Å². The summed E-state index contributed by atoms with van der Waals surface area (Å²) in [6.07, 6.45) is 12.7. The Morgan fingerprint density at radius 2 is 2.11 bits per heavy atom. The second-order valence-corrected chi connectivity index (χ2v) is 12.2. The highest BCUT2D eigenvalue weighted by Gasteiger charge is 2.50. The number of rotatable bonds is 14. The van der Waals surface area contributed by atoms with E-state index in [0.717, 1.165) is 24.8 Å². The van der Waals surface area contributed by atoms with Crippen molar-refractivity contribution in [2.24, 2.45) is 23.2 Å². The summed E-state index contributed by atoms with van der Waals surface area (Å²) in [5.74, 6) is 1.91. The Hall–Kier alpha value is -0.980. The zero-order valence-corrected chi connectivity index (χ0v) is 22.4. The highest BCUT2D eigenvalue weighted by molar-refractivity contribution is 5.40. The lowest BCUT2D eigenvalue weighted by Gasteiger charge is -2.44. The zero-order valence-electron chi connectivity index (χ0n) is 26.4. The normalized spacial score (nSPS) is 38.6. The quantitative estimate of drug-likeness (QED) is 0.253. The van der Waals surface area contributed by atoms with E-state index in [-0.39, 0.29) is 12.2 Å². The zero-order chi connectivity index (χ0) is 28.6. The SMILES string of the molecule is [2H]OCCCO[C@H]1[C@H](O[2H])C(=C)/C(=C/C=C2/CCC[C@@]3(C)C2CC[C@@H]3[C@H](C)CCCC(C)(C)O[2H])C[C@H]1O[2H]. The molecule has 0 amide bonds. The lowest BCUT2D eigenvalue weighted by Crippen LogP contribution is -2.45. The molecule has 4 N–H and O–H groups in total. The minimum atomic E-state index is -0.713. The molecule has 7 atom stereocenters. The summed E-state index contributed by atoms with van der Waals surface area (Å²) < 4.78 is 35.3. The number of fused-ring (bicyclic) bond motifs is 1. The van der Waals surface area contributed by atoms with Crippen LogP contribution in [0.15, 0.2) is 35.5 Å². The van der Waals surface area contributed by atoms with Gasteiger partial charge in [0.05, 0.1) is 11.7 Å². The fourth-order valence-corrected chi connectivity index (χ4v) is 7.16. The first-order valence-electron chi connectivity index (χ1n) is 15.4. The van der Waals surface area contributed by atoms with Crippen LogP contribution in [0.2, 0.25) is 0 Å². The number of hydrogen-bond donors (Lipinski definition) is 4. The number of ether oxygens (including phenoxy) is 1. The Bertz CT molecular complexity index is 862. The maximum Gasteiger partial charge on any atom is 0.211 e. The third-order valence-corrected chi connectivity index (χ3v) is 9.10. The topological polar surface area (TPSA) is 90.2 Å². The molecule has 0 aromatic heterocycles. The average Bonchev–Trinajstić information content (AvgIpc) is 3.28. The van der Waals surface area contributed by atoms with E-state index >= 15 is 0 Å². The predicted molar refractivity (Wildman–Crippen MR) is 141 cm³/mol. The van der Waals surface area contributed by atoms with Crippen molar-refractivity contribution < 1.29 is 25.2 Å². The number of aliphatic hydroxyl groups excluding tert-OH is 3. The molecule has 0 saturated heterocycles. The third-order valence-electron chi connectivity index (χ3n) is 9.10. The van der Waals surface area contributed by atoms with Gasteiger partial charge in [0, 0.05) is 19.6 Å². The van der Waals surface area contributed by atoms with E-state index < -0.39 is 18.3 Å². The summed E-state index contributed by atoms with van der Waals surface area (Å²) in [5.41, 5.74) is 3.07. The van der Waals surface area contributed by atoms with E-state index in [9.17, 15) is 0 Å². The minimum absolute atomic E-state index is 0.254. The molecule has 5 nitrogen and oxygen atoms in total. The minimum Gasteiger partial charge on any atom is -0.396 e. The van der Waals surface area contributed by atoms with Crippen LogP contribution in [0, 0.1) is 23.2 Å². The van der Waals surface area contributed by atoms with Crippen molar-refractivity contribution in [3.05, 3.63) is 35.5 Å². The van der Waals surface area contributed by atoms with E-state index in [1.54, 1.807) is 0 Å². The molecule has 3 rings (SSSR count). The van der Waals surface area contributed by atoms with Crippen LogP contribution >= 0.6 is 0 Å². The van der Waals surface area contributed by atoms with Gasteiger partial charge in [-0.1, -0.05) is 51.0 Å². The van der Waals surface area contributed by atoms with Gasteiger partial charge in [-0.25, -0.2) is 0 Å². The largest absolute Gasteiger partial charge is 0.396 e. The van der Waals surface area contributed by atoms with Gasteiger partial charge in [0.1, 0.15) is 12.2 Å². The molecule has 0 bridgehead atoms. The predicted octanol–water partition coefficient (Wildman–Crippen LogP) is 5.08. The van der Waals surface area contributed by atoms with E-state index in [2.05, 4.69) is 37.7 Å². The van der Waals surface area contributed by atoms with Gasteiger partial charge in [-0.15, -0.1) is 0 Å². The molecular weight excluding hydrogens is 440 g/mol. The summed E-state index contributed by atoms with van der Waals surface area (Å²) in [4.78, 5) is 0. The van der Waals surface area contributed by atoms with Crippen molar-refractivity contribution in [1.82, 2.24) is 0 Å². The van der Waals surface area contributed by atoms with Gasteiger partial charge in [-0.05, 0) is 93.1 Å². The summed E-state index contributed by atoms with van der Waals surface area (Å²) in [6, 6.07) is 0. The Balaban J connectivity index is 1.70. The van der Waals surface area contributed by atoms with E-state index in [4.69, 9.17) is 25.8 Å². The lowest BCUT2D eigenvalue weighted by atomic mass is 9.60. The van der Waals surface area contributed by atoms with Crippen molar-refractivity contribution >= 4 is 0 Å². The Morgan fingerprint density at radius 3 is 2.86 bits per heavy atom. The van der Waals surface area contributed by atoms with E-state index in [1.807, 2.05) is 13.8 Å². The molecule has 3 aliphatic carbocycles. The van der Waals surface area contributed by atoms with Crippen LogP contribution in [0.3, 0.4) is 0 Å². The molecule has 35 heavy (non-hydrogen) atoms. The van der Waals surface area contributed by atoms with Crippen molar-refractivity contribution in [1.29, 1.82) is 5.72 Å². The monoisotopic (exact) mass is 494 g/mol. The van der Waals surface area contributed by atoms with Gasteiger partial charge in [-0.2, -0.15) is 0 Å². The molecule has 0 aromatic carbocycles. The smallest absolute Gasteiger partial charge is 0.211 e. The summed E-state index contributed by atoms with van der Waals surface area (Å²) in [7, 11) is 0. The van der Waals surface area contributed by atoms with Gasteiger partial charge in [0.25, 0.3) is 0 Å². The molecule has 200 valence electrons. The molecule has 0 radical (unpaired) electrons. The number of aliphatic hydroxyl groups is 4. The first kappa shape index (κ1) is 23.2. The second-order valence-electron chi connectivity index (χ2n) is 12.2. The summed E-state index contributed by atoms with van der Waals surface area (Å²) in [6.45, 7) is 13.7. The van der Waals surface area contributed by atoms with E-state index in [0.29, 0.717) is 48.2 Å². The average molecular weight is 495 g/mol. The molecule has 0 aliphatic heterocycles. The Labute approximate surface area is 218 Å². The van der Waals surface area contributed by atoms with Crippen LogP contribution < -0.4 is 0 Å². The fourth-order valence-electron chi connectivity index (χ4n) is 7.16. The highest BCUT2D eigenvalue weighted by atomic mass is 16.5. The summed E-state index contributed by atoms with van der Waals surface area (Å²) >= 11 is 0. The molecule has 1 unspecified atom stereocenters. The fraction of sp³-hybridized carbons (Fsp3) is 0.800. The van der Waals surface area contributed by atoms with E-state index in [1.165, 1.54) is 37.7 Å². The molecule has 0 aromatic rings. The van der Waals surface area contributed by atoms with Gasteiger partial charge < -0.3 is 25.2 Å². The molecule has 3 saturated carbocycles. The Morgan fingerprint density at radius 1 is 1.26 bits per heavy atom. The molecule has 3 aliphatic rings. The molecule has 0 heterocycles. The molecule has 3 fully saturated rings. The van der Waals surface area contributed by atoms with Crippen molar-refractivity contribution in [3.63, 3.8) is 0 Å². The van der Waals surface area contributed by atoms with Gasteiger partial charge in [-0.3, -0.25) is 0 Å². The van der Waals surface area contributed by atoms with Gasteiger partial charge in [0.15, 0.2) is 0 Å². The first-order chi connectivity index (χ1) is 18.6.